The van der Waals surface area contributed by atoms with Crippen molar-refractivity contribution in [3.63, 3.8) is 0 Å². The molecular formula is C13H10N2O4S. The van der Waals surface area contributed by atoms with E-state index in [4.69, 9.17) is 0 Å². The summed E-state index contributed by atoms with van der Waals surface area (Å²) in [5, 5.41) is 21.7. The number of nitrogens with zero attached hydrogens (tertiary/aromatic N) is 2. The number of nitro groups is 2. The summed E-state index contributed by atoms with van der Waals surface area (Å²) in [4.78, 5) is 21.6. The molecule has 0 aliphatic rings. The van der Waals surface area contributed by atoms with E-state index in [1.807, 2.05) is 31.2 Å². The van der Waals surface area contributed by atoms with Crippen molar-refractivity contribution in [1.29, 1.82) is 0 Å². The van der Waals surface area contributed by atoms with Gasteiger partial charge >= 0.3 is 0 Å². The van der Waals surface area contributed by atoms with Gasteiger partial charge in [-0.2, -0.15) is 0 Å². The van der Waals surface area contributed by atoms with Gasteiger partial charge in [0.1, 0.15) is 0 Å². The van der Waals surface area contributed by atoms with E-state index in [-0.39, 0.29) is 11.4 Å². The maximum Gasteiger partial charge on any atom is 0.290 e. The molecule has 2 aromatic rings. The van der Waals surface area contributed by atoms with Crippen LogP contribution in [-0.2, 0) is 0 Å². The topological polar surface area (TPSA) is 86.3 Å². The fraction of sp³-hybridized carbons (Fsp3) is 0.0769. The average Bonchev–Trinajstić information content (AvgIpc) is 2.41. The van der Waals surface area contributed by atoms with Crippen LogP contribution in [0.1, 0.15) is 5.56 Å². The Labute approximate surface area is 118 Å². The Balaban J connectivity index is 2.38. The number of non-ortho nitro benzene ring substituents is 1. The minimum Gasteiger partial charge on any atom is -0.258 e. The molecule has 0 heterocycles. The van der Waals surface area contributed by atoms with Crippen molar-refractivity contribution < 1.29 is 9.85 Å². The first-order chi connectivity index (χ1) is 9.47. The van der Waals surface area contributed by atoms with Crippen molar-refractivity contribution in [2.45, 2.75) is 16.7 Å². The first-order valence-corrected chi connectivity index (χ1v) is 6.46. The zero-order valence-electron chi connectivity index (χ0n) is 10.5. The molecule has 0 aromatic heterocycles. The summed E-state index contributed by atoms with van der Waals surface area (Å²) in [6.45, 7) is 1.95. The van der Waals surface area contributed by atoms with E-state index in [0.717, 1.165) is 16.5 Å². The lowest BCUT2D eigenvalue weighted by Crippen LogP contribution is -1.94. The molecule has 20 heavy (non-hydrogen) atoms. The minimum atomic E-state index is -0.646. The number of benzene rings is 2. The Morgan fingerprint density at radius 3 is 2.15 bits per heavy atom. The van der Waals surface area contributed by atoms with Crippen LogP contribution < -0.4 is 0 Å². The molecule has 0 N–H and O–H groups in total. The molecule has 0 atom stereocenters. The van der Waals surface area contributed by atoms with Crippen molar-refractivity contribution in [3.05, 3.63) is 68.3 Å². The standard InChI is InChI=1S/C13H10N2O4S/c1-9-2-5-11(6-3-9)20-13-7-4-10(14(16)17)8-12(13)15(18)19/h2-8H,1H3. The lowest BCUT2D eigenvalue weighted by Gasteiger charge is -2.03. The summed E-state index contributed by atoms with van der Waals surface area (Å²) in [5.74, 6) is 0. The molecule has 2 aromatic carbocycles. The molecule has 0 unspecified atom stereocenters. The number of rotatable bonds is 4. The molecule has 6 nitrogen and oxygen atoms in total. The summed E-state index contributed by atoms with van der Waals surface area (Å²) in [6, 6.07) is 11.2. The summed E-state index contributed by atoms with van der Waals surface area (Å²) in [5.41, 5.74) is 0.544. The third-order valence-corrected chi connectivity index (χ3v) is 3.67. The molecule has 0 saturated carbocycles. The van der Waals surface area contributed by atoms with E-state index in [0.29, 0.717) is 4.90 Å². The Morgan fingerprint density at radius 1 is 0.950 bits per heavy atom. The van der Waals surface area contributed by atoms with Gasteiger partial charge in [-0.05, 0) is 25.1 Å². The van der Waals surface area contributed by atoms with Gasteiger partial charge in [0.15, 0.2) is 0 Å². The fourth-order valence-electron chi connectivity index (χ4n) is 1.58. The van der Waals surface area contributed by atoms with Gasteiger partial charge in [-0.3, -0.25) is 20.2 Å². The summed E-state index contributed by atoms with van der Waals surface area (Å²) in [6.07, 6.45) is 0. The van der Waals surface area contributed by atoms with E-state index in [2.05, 4.69) is 0 Å². The van der Waals surface area contributed by atoms with Gasteiger partial charge in [0.2, 0.25) is 0 Å². The van der Waals surface area contributed by atoms with Crippen LogP contribution in [0.15, 0.2) is 52.3 Å². The van der Waals surface area contributed by atoms with Crippen molar-refractivity contribution in [3.8, 4) is 0 Å². The normalized spacial score (nSPS) is 10.2. The van der Waals surface area contributed by atoms with Crippen molar-refractivity contribution in [2.24, 2.45) is 0 Å². The third-order valence-electron chi connectivity index (χ3n) is 2.60. The summed E-state index contributed by atoms with van der Waals surface area (Å²) in [7, 11) is 0. The van der Waals surface area contributed by atoms with E-state index in [1.165, 1.54) is 23.9 Å². The highest BCUT2D eigenvalue weighted by Crippen LogP contribution is 2.36. The second-order valence-electron chi connectivity index (χ2n) is 4.08. The quantitative estimate of drug-likeness (QED) is 0.628. The van der Waals surface area contributed by atoms with Crippen LogP contribution in [0.2, 0.25) is 0 Å². The third kappa shape index (κ3) is 3.12. The van der Waals surface area contributed by atoms with Gasteiger partial charge in [-0.15, -0.1) is 0 Å². The van der Waals surface area contributed by atoms with Crippen molar-refractivity contribution in [1.82, 2.24) is 0 Å². The number of hydrogen-bond acceptors (Lipinski definition) is 5. The number of nitro benzene ring substituents is 2. The largest absolute Gasteiger partial charge is 0.290 e. The number of hydrogen-bond donors (Lipinski definition) is 0. The Morgan fingerprint density at radius 2 is 1.60 bits per heavy atom. The van der Waals surface area contributed by atoms with Crippen LogP contribution >= 0.6 is 11.8 Å². The summed E-state index contributed by atoms with van der Waals surface area (Å²) < 4.78 is 0. The van der Waals surface area contributed by atoms with Crippen LogP contribution in [0.3, 0.4) is 0 Å². The highest BCUT2D eigenvalue weighted by molar-refractivity contribution is 7.99. The summed E-state index contributed by atoms with van der Waals surface area (Å²) >= 11 is 1.21. The van der Waals surface area contributed by atoms with Gasteiger partial charge < -0.3 is 0 Å². The van der Waals surface area contributed by atoms with E-state index in [1.54, 1.807) is 0 Å². The number of aryl methyl sites for hydroxylation is 1. The van der Waals surface area contributed by atoms with Crippen LogP contribution in [0.4, 0.5) is 11.4 Å². The van der Waals surface area contributed by atoms with E-state index in [9.17, 15) is 20.2 Å². The Bertz CT molecular complexity index is 671. The highest BCUT2D eigenvalue weighted by atomic mass is 32.2. The lowest BCUT2D eigenvalue weighted by molar-refractivity contribution is -0.396. The SMILES string of the molecule is Cc1ccc(Sc2ccc([N+](=O)[O-])cc2[N+](=O)[O-])cc1. The smallest absolute Gasteiger partial charge is 0.258 e. The fourth-order valence-corrected chi connectivity index (χ4v) is 2.48. The average molecular weight is 290 g/mol. The molecule has 0 amide bonds. The Kier molecular flexibility index (Phi) is 3.99. The molecule has 0 saturated heterocycles. The van der Waals surface area contributed by atoms with E-state index < -0.39 is 9.85 Å². The first-order valence-electron chi connectivity index (χ1n) is 5.65. The van der Waals surface area contributed by atoms with Crippen LogP contribution in [-0.4, -0.2) is 9.85 Å². The molecule has 7 heteroatoms. The molecule has 0 aliphatic heterocycles. The van der Waals surface area contributed by atoms with E-state index >= 15 is 0 Å². The molecule has 0 bridgehead atoms. The predicted octanol–water partition coefficient (Wildman–Crippen LogP) is 3.96. The maximum absolute atomic E-state index is 11.0. The Hall–Kier alpha value is -2.41. The van der Waals surface area contributed by atoms with Gasteiger partial charge in [-0.25, -0.2) is 0 Å². The zero-order valence-corrected chi connectivity index (χ0v) is 11.3. The van der Waals surface area contributed by atoms with Gasteiger partial charge in [-0.1, -0.05) is 29.5 Å². The molecule has 0 fully saturated rings. The molecule has 0 aliphatic carbocycles. The maximum atomic E-state index is 11.0. The van der Waals surface area contributed by atoms with Crippen molar-refractivity contribution >= 4 is 23.1 Å². The molecule has 2 rings (SSSR count). The van der Waals surface area contributed by atoms with Gasteiger partial charge in [0, 0.05) is 11.0 Å². The monoisotopic (exact) mass is 290 g/mol. The second-order valence-corrected chi connectivity index (χ2v) is 5.20. The molecule has 102 valence electrons. The zero-order chi connectivity index (χ0) is 14.7. The predicted molar refractivity (Wildman–Crippen MR) is 75.1 cm³/mol. The van der Waals surface area contributed by atoms with Crippen LogP contribution in [0.5, 0.6) is 0 Å². The van der Waals surface area contributed by atoms with Crippen LogP contribution in [0.25, 0.3) is 0 Å². The lowest BCUT2D eigenvalue weighted by atomic mass is 10.2. The molecular weight excluding hydrogens is 280 g/mol. The first kappa shape index (κ1) is 14.0. The minimum absolute atomic E-state index is 0.259. The second kappa shape index (κ2) is 5.70. The highest BCUT2D eigenvalue weighted by Gasteiger charge is 2.20. The molecule has 0 spiro atoms. The van der Waals surface area contributed by atoms with Gasteiger partial charge in [0.05, 0.1) is 20.8 Å². The van der Waals surface area contributed by atoms with Crippen molar-refractivity contribution in [2.75, 3.05) is 0 Å². The van der Waals surface area contributed by atoms with Crippen LogP contribution in [0, 0.1) is 27.2 Å². The molecule has 0 radical (unpaired) electrons. The van der Waals surface area contributed by atoms with Gasteiger partial charge in [0.25, 0.3) is 11.4 Å².